The van der Waals surface area contributed by atoms with Gasteiger partial charge in [-0.3, -0.25) is 53.3 Å². The number of pyridine rings is 9. The molecule has 3 saturated heterocycles. The van der Waals surface area contributed by atoms with Gasteiger partial charge in [-0.05, 0) is 69.6 Å². The SMILES string of the molecule is C=CCNc1ccnc(Cl)c1N.C=CCNc1ccncc1[N+](=O)[O-].C=CCn1c(=O)[nH]c2c(Cl)nccc21.C=CCn1c(=O)n(C)c2c(Cl)nccc21.CC.CCOc1ccncc1[N+](=O)[O-].CN1CCN(c2nc3ccnc(Cl)c3n2C)CC1.CN1CCNCC1.CN1c2c(ccnc2Cl)NC1Cl.Cn1c(=O)[nH]c2ccnc(Cl)c21.Cn1c(N2CCNCC2)nc2cc[nH]c(=O)c21. The molecule has 714 valence electrons. The number of rotatable bonds is 16. The minimum atomic E-state index is -0.516. The van der Waals surface area contributed by atoms with Crippen LogP contribution in [-0.2, 0) is 41.3 Å². The fourth-order valence-electron chi connectivity index (χ4n) is 13.3. The van der Waals surface area contributed by atoms with Crippen molar-refractivity contribution in [1.82, 2.24) is 113 Å². The molecule has 48 heteroatoms. The first-order valence-electron chi connectivity index (χ1n) is 41.7. The fourth-order valence-corrected chi connectivity index (χ4v) is 15.0. The number of alkyl halides is 1. The number of nitrogen functional groups attached to an aromatic ring is 1. The minimum Gasteiger partial charge on any atom is -0.487 e. The summed E-state index contributed by atoms with van der Waals surface area (Å²) in [6.07, 6.45) is 23.3. The number of nitrogens with zero attached hydrogens (tertiary/aromatic N) is 23. The number of anilines is 7. The molecule has 18 heterocycles. The number of aryl methyl sites for hydroxylation is 4. The molecule has 4 aliphatic heterocycles. The highest BCUT2D eigenvalue weighted by Crippen LogP contribution is 2.39. The third-order valence-electron chi connectivity index (χ3n) is 20.0. The van der Waals surface area contributed by atoms with Gasteiger partial charge in [-0.25, -0.2) is 54.3 Å². The third-order valence-corrected chi connectivity index (χ3v) is 22.1. The molecular formula is C86H107Cl7N32O9. The number of ether oxygens (including phenoxy) is 1. The Hall–Kier alpha value is -13.1. The van der Waals surface area contributed by atoms with Crippen LogP contribution in [0.25, 0.3) is 55.2 Å². The van der Waals surface area contributed by atoms with E-state index in [-0.39, 0.29) is 45.4 Å². The lowest BCUT2D eigenvalue weighted by Crippen LogP contribution is -2.45. The lowest BCUT2D eigenvalue weighted by molar-refractivity contribution is -0.386. The molecule has 0 bridgehead atoms. The summed E-state index contributed by atoms with van der Waals surface area (Å²) >= 11 is 41.2. The van der Waals surface area contributed by atoms with E-state index in [1.807, 2.05) is 67.2 Å². The van der Waals surface area contributed by atoms with Crippen molar-refractivity contribution >= 4 is 188 Å². The Morgan fingerprint density at radius 2 is 1.02 bits per heavy atom. The molecule has 0 aliphatic carbocycles. The summed E-state index contributed by atoms with van der Waals surface area (Å²) in [4.78, 5) is 125. The lowest BCUT2D eigenvalue weighted by Gasteiger charge is -2.32. The third kappa shape index (κ3) is 28.3. The number of nitrogens with one attached hydrogen (secondary N) is 8. The number of allylic oxidation sites excluding steroid dienone is 2. The maximum Gasteiger partial charge on any atom is 0.329 e. The molecule has 0 saturated carbocycles. The monoisotopic (exact) mass is 1980 g/mol. The average Bonchev–Trinajstić information content (AvgIpc) is 1.64. The van der Waals surface area contributed by atoms with Crippen molar-refractivity contribution in [2.75, 3.05) is 156 Å². The van der Waals surface area contributed by atoms with Crippen LogP contribution in [0.1, 0.15) is 20.8 Å². The number of fused-ring (bicyclic) bond motifs is 6. The molecule has 3 fully saturated rings. The molecule has 4 aliphatic rings. The van der Waals surface area contributed by atoms with E-state index < -0.39 is 9.85 Å². The Morgan fingerprint density at radius 1 is 0.522 bits per heavy atom. The van der Waals surface area contributed by atoms with Crippen LogP contribution in [0.5, 0.6) is 5.75 Å². The van der Waals surface area contributed by atoms with Crippen molar-refractivity contribution in [3.63, 3.8) is 0 Å². The minimum absolute atomic E-state index is 0.0237. The van der Waals surface area contributed by atoms with Gasteiger partial charge in [0, 0.05) is 202 Å². The summed E-state index contributed by atoms with van der Waals surface area (Å²) in [5.41, 5.74) is 15.5. The van der Waals surface area contributed by atoms with Crippen molar-refractivity contribution in [2.24, 2.45) is 28.2 Å². The number of nitro groups is 2. The van der Waals surface area contributed by atoms with Gasteiger partial charge in [-0.2, -0.15) is 0 Å². The van der Waals surface area contributed by atoms with Crippen LogP contribution < -0.4 is 74.4 Å². The van der Waals surface area contributed by atoms with Crippen molar-refractivity contribution in [3.05, 3.63) is 266 Å². The number of piperazine rings is 3. The van der Waals surface area contributed by atoms with Crippen LogP contribution in [0.2, 0.25) is 30.9 Å². The van der Waals surface area contributed by atoms with Gasteiger partial charge in [0.2, 0.25) is 11.9 Å². The zero-order chi connectivity index (χ0) is 97.8. The molecule has 14 aromatic heterocycles. The number of likely N-dealkylation sites (N-methyl/N-ethyl adjacent to an activating group) is 2. The first kappa shape index (κ1) is 106. The maximum atomic E-state index is 11.8. The number of hydrogen-bond acceptors (Lipinski definition) is 30. The van der Waals surface area contributed by atoms with E-state index in [1.54, 1.807) is 128 Å². The van der Waals surface area contributed by atoms with Crippen LogP contribution >= 0.6 is 81.2 Å². The standard InChI is InChI=1S/C12H16ClN5.C11H15N5O.C10H10ClN3O.C9H8ClN3O.C8H10ClN3.C8H9N3O2.C7H7Cl2N3.C7H6ClN3O.C7H8N2O3.C5H12N2.C2H6/c1-16-5-7-18(8-6-16)12-15-9-3-4-14-11(13)10(9)17(12)2;1-15-9-8(2-3-13-10(9)17)14-11(15)16-6-4-12-5-7-16;1-3-6-14-7-4-5-12-9(11)8(7)13(2)10(14)15;1-2-5-13-6-3-4-11-8(10)7(6)12-9(13)14;1-2-4-11-6-3-5-12-8(9)7(6)10;1-2-4-10-7-3-5-9-6-8(7)11(12)13;1-12-5-4(11-7(12)9)2-3-10-6(5)8;1-11-5-4(10-7(11)12)2-3-9-6(5)8;1-2-12-7-3-4-8-5-6(7)9(10)11;1-7-4-2-6-3-5-7;1-2/h3-4H,5-8H2,1-2H3;2-3,12H,4-7H2,1H3,(H,13,17);3-5H,1,6H2,2H3;2-4H,1,5H2,(H,12,14);2-3,5H,1,4,10H2,(H,11,12);2-3,5-6H,1,4H2,(H,9,10);2-3,7,11H,1H3;2-3H,1H3,(H,10,12);3-5H,2H2,1H3;6H,2-5H2,1H3;1-2H3. The quantitative estimate of drug-likeness (QED) is 0.0108. The van der Waals surface area contributed by atoms with E-state index in [9.17, 15) is 39.4 Å². The highest BCUT2D eigenvalue weighted by atomic mass is 35.5. The van der Waals surface area contributed by atoms with Gasteiger partial charge in [0.25, 0.3) is 5.56 Å². The molecule has 1 atom stereocenters. The van der Waals surface area contributed by atoms with E-state index in [4.69, 9.17) is 91.7 Å². The predicted octanol–water partition coefficient (Wildman–Crippen LogP) is 12.7. The number of halogens is 7. The fraction of sp³-hybridized carbons (Fsp3) is 0.326. The Balaban J connectivity index is 0.000000184. The second-order valence-corrected chi connectivity index (χ2v) is 31.3. The first-order chi connectivity index (χ1) is 64.4. The molecule has 18 rings (SSSR count). The van der Waals surface area contributed by atoms with E-state index >= 15 is 0 Å². The molecular weight excluding hydrogens is 1870 g/mol. The topological polar surface area (TPSA) is 472 Å². The van der Waals surface area contributed by atoms with Crippen LogP contribution in [0.15, 0.2) is 193 Å². The van der Waals surface area contributed by atoms with Crippen molar-refractivity contribution in [1.29, 1.82) is 0 Å². The number of imidazole rings is 5. The van der Waals surface area contributed by atoms with Gasteiger partial charge in [0.05, 0.1) is 61.1 Å². The molecule has 1 unspecified atom stereocenters. The summed E-state index contributed by atoms with van der Waals surface area (Å²) in [5.74, 6) is 2.11. The number of aromatic amines is 3. The zero-order valence-corrected chi connectivity index (χ0v) is 80.8. The number of aromatic nitrogens is 19. The molecule has 0 spiro atoms. The zero-order valence-electron chi connectivity index (χ0n) is 75.5. The second-order valence-electron chi connectivity index (χ2n) is 28.7. The molecule has 0 radical (unpaired) electrons. The van der Waals surface area contributed by atoms with Crippen LogP contribution in [0.4, 0.5) is 51.7 Å². The van der Waals surface area contributed by atoms with Gasteiger partial charge in [0.1, 0.15) is 51.4 Å². The van der Waals surface area contributed by atoms with Crippen LogP contribution in [-0.4, -0.2) is 237 Å². The molecule has 0 aromatic carbocycles. The van der Waals surface area contributed by atoms with Gasteiger partial charge in [-0.15, -0.1) is 26.3 Å². The van der Waals surface area contributed by atoms with Crippen LogP contribution in [0.3, 0.4) is 0 Å². The summed E-state index contributed by atoms with van der Waals surface area (Å²) in [7, 11) is 13.4. The van der Waals surface area contributed by atoms with Gasteiger partial charge >= 0.3 is 28.4 Å². The molecule has 41 nitrogen and oxygen atoms in total. The summed E-state index contributed by atoms with van der Waals surface area (Å²) < 4.78 is 15.0. The molecule has 134 heavy (non-hydrogen) atoms. The largest absolute Gasteiger partial charge is 0.487 e. The number of H-pyrrole nitrogens is 3. The second kappa shape index (κ2) is 53.0. The van der Waals surface area contributed by atoms with E-state index in [1.165, 1.54) is 53.1 Å². The molecule has 0 amide bonds. The summed E-state index contributed by atoms with van der Waals surface area (Å²) in [5, 5.41) is 38.7. The van der Waals surface area contributed by atoms with Crippen LogP contribution in [0, 0.1) is 20.2 Å². The van der Waals surface area contributed by atoms with Crippen molar-refractivity contribution < 1.29 is 14.6 Å². The average molecular weight is 1980 g/mol. The lowest BCUT2D eigenvalue weighted by atomic mass is 10.3. The van der Waals surface area contributed by atoms with Gasteiger partial charge in [-0.1, -0.05) is 119 Å². The van der Waals surface area contributed by atoms with E-state index in [0.717, 1.165) is 122 Å². The van der Waals surface area contributed by atoms with E-state index in [0.29, 0.717) is 103 Å². The predicted molar refractivity (Wildman–Crippen MR) is 538 cm³/mol. The normalized spacial score (nSPS) is 13.6. The summed E-state index contributed by atoms with van der Waals surface area (Å²) in [6, 6.07) is 15.6. The highest BCUT2D eigenvalue weighted by molar-refractivity contribution is 6.35. The van der Waals surface area contributed by atoms with E-state index in [2.05, 4.69) is 151 Å². The molecule has 14 aromatic rings. The Bertz CT molecular complexity index is 6530. The molecule has 10 N–H and O–H groups in total. The Labute approximate surface area is 805 Å². The summed E-state index contributed by atoms with van der Waals surface area (Å²) in [6.45, 7) is 35.2. The highest BCUT2D eigenvalue weighted by Gasteiger charge is 2.27. The number of nitrogens with two attached hydrogens (primary N) is 1. The smallest absolute Gasteiger partial charge is 0.329 e. The van der Waals surface area contributed by atoms with Gasteiger partial charge < -0.3 is 85.6 Å². The Kier molecular flexibility index (Phi) is 42.0. The number of hydrogen-bond donors (Lipinski definition) is 9. The maximum absolute atomic E-state index is 11.8. The van der Waals surface area contributed by atoms with Gasteiger partial charge in [0.15, 0.2) is 42.3 Å². The first-order valence-corrected chi connectivity index (χ1v) is 44.4. The Morgan fingerprint density at radius 3 is 1.60 bits per heavy atom. The van der Waals surface area contributed by atoms with Crippen molar-refractivity contribution in [2.45, 2.75) is 39.5 Å². The van der Waals surface area contributed by atoms with Crippen molar-refractivity contribution in [3.8, 4) is 5.75 Å².